The fourth-order valence-electron chi connectivity index (χ4n) is 1.04. The minimum Gasteiger partial charge on any atom is -0.478 e. The van der Waals surface area contributed by atoms with Gasteiger partial charge in [0.15, 0.2) is 5.78 Å². The molecule has 1 rings (SSSR count). The molecule has 0 fully saturated rings. The van der Waals surface area contributed by atoms with Crippen molar-refractivity contribution in [1.29, 1.82) is 0 Å². The van der Waals surface area contributed by atoms with Crippen LogP contribution < -0.4 is 0 Å². The van der Waals surface area contributed by atoms with Crippen LogP contribution in [0.25, 0.3) is 6.08 Å². The molecule has 0 atom stereocenters. The lowest BCUT2D eigenvalue weighted by atomic mass is 10.1. The topological polar surface area (TPSA) is 54.4 Å². The van der Waals surface area contributed by atoms with Gasteiger partial charge in [-0.1, -0.05) is 12.1 Å². The summed E-state index contributed by atoms with van der Waals surface area (Å²) in [6.07, 6.45) is 1.21. The van der Waals surface area contributed by atoms with Gasteiger partial charge in [-0.25, -0.2) is 9.18 Å². The van der Waals surface area contributed by atoms with Crippen molar-refractivity contribution in [3.63, 3.8) is 0 Å². The Hall–Kier alpha value is -1.97. The first-order valence-electron chi connectivity index (χ1n) is 4.22. The quantitative estimate of drug-likeness (QED) is 0.468. The Balaban J connectivity index is 3.08. The predicted octanol–water partition coefficient (Wildman–Crippen LogP) is 1.88. The number of ketones is 1. The molecule has 1 aromatic rings. The second-order valence-corrected chi connectivity index (χ2v) is 2.97. The van der Waals surface area contributed by atoms with E-state index in [1.807, 2.05) is 0 Å². The number of carbonyl (C=O) groups is 2. The SMILES string of the molecule is CC(=O)/C(=C/c1ccc(F)cc1)C(=O)O. The molecule has 0 spiro atoms. The van der Waals surface area contributed by atoms with Crippen LogP contribution in [-0.2, 0) is 9.59 Å². The summed E-state index contributed by atoms with van der Waals surface area (Å²) in [5.41, 5.74) is 0.158. The van der Waals surface area contributed by atoms with Gasteiger partial charge in [0.2, 0.25) is 0 Å². The molecule has 4 heteroatoms. The van der Waals surface area contributed by atoms with Crippen molar-refractivity contribution in [2.24, 2.45) is 0 Å². The number of benzene rings is 1. The fraction of sp³-hybridized carbons (Fsp3) is 0.0909. The number of carboxylic acid groups (broad SMARTS) is 1. The number of Topliss-reactive ketones (excluding diaryl/α,β-unsaturated/α-hetero) is 1. The molecule has 1 aromatic carbocycles. The lowest BCUT2D eigenvalue weighted by Gasteiger charge is -1.97. The van der Waals surface area contributed by atoms with E-state index < -0.39 is 17.6 Å². The molecule has 0 unspecified atom stereocenters. The summed E-state index contributed by atoms with van der Waals surface area (Å²) < 4.78 is 12.5. The molecule has 1 N–H and O–H groups in total. The van der Waals surface area contributed by atoms with Crippen LogP contribution in [0.1, 0.15) is 12.5 Å². The molecule has 0 saturated carbocycles. The van der Waals surface area contributed by atoms with Crippen molar-refractivity contribution in [3.8, 4) is 0 Å². The third kappa shape index (κ3) is 3.02. The highest BCUT2D eigenvalue weighted by Crippen LogP contribution is 2.09. The minimum absolute atomic E-state index is 0.318. The summed E-state index contributed by atoms with van der Waals surface area (Å²) in [4.78, 5) is 21.6. The maximum atomic E-state index is 12.5. The highest BCUT2D eigenvalue weighted by atomic mass is 19.1. The summed E-state index contributed by atoms with van der Waals surface area (Å²) in [6, 6.07) is 5.21. The Morgan fingerprint density at radius 1 is 1.27 bits per heavy atom. The fourth-order valence-corrected chi connectivity index (χ4v) is 1.04. The summed E-state index contributed by atoms with van der Waals surface area (Å²) in [7, 11) is 0. The molecule has 78 valence electrons. The van der Waals surface area contributed by atoms with E-state index in [9.17, 15) is 14.0 Å². The zero-order valence-corrected chi connectivity index (χ0v) is 8.03. The molecule has 0 heterocycles. The predicted molar refractivity (Wildman–Crippen MR) is 52.7 cm³/mol. The number of hydrogen-bond acceptors (Lipinski definition) is 2. The zero-order valence-electron chi connectivity index (χ0n) is 8.03. The van der Waals surface area contributed by atoms with Crippen molar-refractivity contribution in [2.75, 3.05) is 0 Å². The van der Waals surface area contributed by atoms with Gasteiger partial charge < -0.3 is 5.11 Å². The van der Waals surface area contributed by atoms with E-state index in [1.54, 1.807) is 0 Å². The van der Waals surface area contributed by atoms with Crippen LogP contribution in [0.4, 0.5) is 4.39 Å². The highest BCUT2D eigenvalue weighted by Gasteiger charge is 2.12. The molecular weight excluding hydrogens is 199 g/mol. The molecule has 15 heavy (non-hydrogen) atoms. The maximum Gasteiger partial charge on any atom is 0.339 e. The van der Waals surface area contributed by atoms with E-state index >= 15 is 0 Å². The molecule has 0 aliphatic heterocycles. The number of aliphatic carboxylic acids is 1. The summed E-state index contributed by atoms with van der Waals surface area (Å²) in [5.74, 6) is -2.23. The van der Waals surface area contributed by atoms with Crippen molar-refractivity contribution in [1.82, 2.24) is 0 Å². The summed E-state index contributed by atoms with van der Waals surface area (Å²) in [5, 5.41) is 8.70. The van der Waals surface area contributed by atoms with Gasteiger partial charge in [0.25, 0.3) is 0 Å². The molecule has 0 aromatic heterocycles. The minimum atomic E-state index is -1.29. The van der Waals surface area contributed by atoms with Crippen LogP contribution in [0.3, 0.4) is 0 Å². The van der Waals surface area contributed by atoms with Crippen molar-refractivity contribution < 1.29 is 19.1 Å². The third-order valence-corrected chi connectivity index (χ3v) is 1.79. The van der Waals surface area contributed by atoms with E-state index in [4.69, 9.17) is 5.11 Å². The van der Waals surface area contributed by atoms with Crippen LogP contribution >= 0.6 is 0 Å². The van der Waals surface area contributed by atoms with Gasteiger partial charge in [-0.15, -0.1) is 0 Å². The number of rotatable bonds is 3. The number of hydrogen-bond donors (Lipinski definition) is 1. The van der Waals surface area contributed by atoms with E-state index in [0.717, 1.165) is 0 Å². The molecule has 0 amide bonds. The van der Waals surface area contributed by atoms with Gasteiger partial charge in [-0.05, 0) is 30.7 Å². The molecule has 0 aliphatic carbocycles. The molecule has 3 nitrogen and oxygen atoms in total. The molecular formula is C11H9FO3. The van der Waals surface area contributed by atoms with Crippen LogP contribution in [0.2, 0.25) is 0 Å². The second-order valence-electron chi connectivity index (χ2n) is 2.97. The Morgan fingerprint density at radius 3 is 2.20 bits per heavy atom. The number of carbonyl (C=O) groups excluding carboxylic acids is 1. The Kier molecular flexibility index (Phi) is 3.33. The van der Waals surface area contributed by atoms with E-state index in [1.165, 1.54) is 37.3 Å². The van der Waals surface area contributed by atoms with Gasteiger partial charge in [0.05, 0.1) is 0 Å². The second kappa shape index (κ2) is 4.50. The Labute approximate surface area is 85.8 Å². The molecule has 0 aliphatic rings. The first-order valence-corrected chi connectivity index (χ1v) is 4.22. The number of carboxylic acids is 1. The molecule has 0 radical (unpaired) electrons. The van der Waals surface area contributed by atoms with Crippen LogP contribution in [0.15, 0.2) is 29.8 Å². The van der Waals surface area contributed by atoms with Crippen LogP contribution in [0, 0.1) is 5.82 Å². The normalized spacial score (nSPS) is 11.2. The van der Waals surface area contributed by atoms with Crippen molar-refractivity contribution in [2.45, 2.75) is 6.92 Å². The highest BCUT2D eigenvalue weighted by molar-refractivity contribution is 6.19. The van der Waals surface area contributed by atoms with Crippen molar-refractivity contribution >= 4 is 17.8 Å². The Morgan fingerprint density at radius 2 is 1.80 bits per heavy atom. The van der Waals surface area contributed by atoms with E-state index in [0.29, 0.717) is 5.56 Å². The average Bonchev–Trinajstić information content (AvgIpc) is 2.15. The van der Waals surface area contributed by atoms with E-state index in [-0.39, 0.29) is 5.57 Å². The Bertz CT molecular complexity index is 402. The van der Waals surface area contributed by atoms with Crippen LogP contribution in [0.5, 0.6) is 0 Å². The number of halogens is 1. The summed E-state index contributed by atoms with van der Waals surface area (Å²) in [6.45, 7) is 1.17. The van der Waals surface area contributed by atoms with Gasteiger partial charge in [0.1, 0.15) is 11.4 Å². The lowest BCUT2D eigenvalue weighted by molar-refractivity contribution is -0.134. The standard InChI is InChI=1S/C11H9FO3/c1-7(13)10(11(14)15)6-8-2-4-9(12)5-3-8/h2-6H,1H3,(H,14,15)/b10-6-. The van der Waals surface area contributed by atoms with Crippen LogP contribution in [-0.4, -0.2) is 16.9 Å². The van der Waals surface area contributed by atoms with E-state index in [2.05, 4.69) is 0 Å². The van der Waals surface area contributed by atoms with Gasteiger partial charge in [0, 0.05) is 0 Å². The molecule has 0 bridgehead atoms. The summed E-state index contributed by atoms with van der Waals surface area (Å²) >= 11 is 0. The lowest BCUT2D eigenvalue weighted by Crippen LogP contribution is -2.08. The van der Waals surface area contributed by atoms with Gasteiger partial charge in [-0.2, -0.15) is 0 Å². The monoisotopic (exact) mass is 208 g/mol. The van der Waals surface area contributed by atoms with Crippen molar-refractivity contribution in [3.05, 3.63) is 41.2 Å². The van der Waals surface area contributed by atoms with Gasteiger partial charge >= 0.3 is 5.97 Å². The average molecular weight is 208 g/mol. The largest absolute Gasteiger partial charge is 0.478 e. The molecule has 0 saturated heterocycles. The zero-order chi connectivity index (χ0) is 11.4. The maximum absolute atomic E-state index is 12.5. The van der Waals surface area contributed by atoms with Gasteiger partial charge in [-0.3, -0.25) is 4.79 Å². The third-order valence-electron chi connectivity index (χ3n) is 1.79. The smallest absolute Gasteiger partial charge is 0.339 e. The first kappa shape index (κ1) is 11.1. The first-order chi connectivity index (χ1) is 7.00.